The number of hydrogen-bond donors (Lipinski definition) is 2. The van der Waals surface area contributed by atoms with Gasteiger partial charge in [0.25, 0.3) is 0 Å². The third-order valence-corrected chi connectivity index (χ3v) is 4.68. The molecule has 2 rings (SSSR count). The fourth-order valence-electron chi connectivity index (χ4n) is 3.41. The summed E-state index contributed by atoms with van der Waals surface area (Å²) in [6, 6.07) is 8.15. The summed E-state index contributed by atoms with van der Waals surface area (Å²) in [7, 11) is 3.74. The van der Waals surface area contributed by atoms with Crippen molar-refractivity contribution >= 4 is 0 Å². The van der Waals surface area contributed by atoms with Crippen molar-refractivity contribution in [3.05, 3.63) is 29.8 Å². The van der Waals surface area contributed by atoms with Gasteiger partial charge in [0.05, 0.1) is 13.2 Å². The van der Waals surface area contributed by atoms with Crippen molar-refractivity contribution in [2.75, 3.05) is 27.2 Å². The average molecular weight is 292 g/mol. The molecule has 0 aliphatic heterocycles. The average Bonchev–Trinajstić information content (AvgIpc) is 2.54. The van der Waals surface area contributed by atoms with Crippen LogP contribution < -0.4 is 10.5 Å². The van der Waals surface area contributed by atoms with E-state index in [-0.39, 0.29) is 0 Å². The van der Waals surface area contributed by atoms with Gasteiger partial charge in [0.1, 0.15) is 5.75 Å². The predicted octanol–water partition coefficient (Wildman–Crippen LogP) is 2.18. The van der Waals surface area contributed by atoms with Crippen molar-refractivity contribution in [2.24, 2.45) is 11.7 Å². The lowest BCUT2D eigenvalue weighted by Crippen LogP contribution is -2.44. The Kier molecular flexibility index (Phi) is 6.03. The molecule has 4 nitrogen and oxygen atoms in total. The van der Waals surface area contributed by atoms with Crippen LogP contribution in [0.4, 0.5) is 0 Å². The lowest BCUT2D eigenvalue weighted by Gasteiger charge is -2.38. The smallest absolute Gasteiger partial charge is 0.119 e. The molecule has 0 radical (unpaired) electrons. The minimum Gasteiger partial charge on any atom is -0.497 e. The number of likely N-dealkylation sites (N-methyl/N-ethyl adjacent to an activating group) is 1. The first-order valence-electron chi connectivity index (χ1n) is 7.88. The number of aliphatic hydroxyl groups is 1. The number of nitrogens with zero attached hydrogens (tertiary/aromatic N) is 1. The molecule has 3 unspecified atom stereocenters. The number of hydrogen-bond acceptors (Lipinski definition) is 4. The molecule has 1 aromatic carbocycles. The van der Waals surface area contributed by atoms with Crippen molar-refractivity contribution in [3.63, 3.8) is 0 Å². The predicted molar refractivity (Wildman–Crippen MR) is 85.4 cm³/mol. The monoisotopic (exact) mass is 292 g/mol. The molecule has 3 N–H and O–H groups in total. The number of aliphatic hydroxyl groups excluding tert-OH is 1. The summed E-state index contributed by atoms with van der Waals surface area (Å²) in [5.74, 6) is 1.34. The fraction of sp³-hybridized carbons (Fsp3) is 0.647. The first-order valence-corrected chi connectivity index (χ1v) is 7.88. The Labute approximate surface area is 127 Å². The summed E-state index contributed by atoms with van der Waals surface area (Å²) in [4.78, 5) is 2.28. The van der Waals surface area contributed by atoms with Gasteiger partial charge in [-0.2, -0.15) is 0 Å². The highest BCUT2D eigenvalue weighted by Crippen LogP contribution is 2.28. The van der Waals surface area contributed by atoms with Gasteiger partial charge in [0.15, 0.2) is 0 Å². The maximum absolute atomic E-state index is 10.5. The Morgan fingerprint density at radius 2 is 2.14 bits per heavy atom. The molecule has 1 saturated carbocycles. The summed E-state index contributed by atoms with van der Waals surface area (Å²) >= 11 is 0. The van der Waals surface area contributed by atoms with Crippen LogP contribution in [-0.2, 0) is 0 Å². The molecule has 0 aromatic heterocycles. The van der Waals surface area contributed by atoms with E-state index in [1.54, 1.807) is 7.11 Å². The molecule has 0 heterocycles. The molecule has 3 atom stereocenters. The van der Waals surface area contributed by atoms with Gasteiger partial charge in [-0.05, 0) is 50.0 Å². The van der Waals surface area contributed by atoms with Crippen LogP contribution in [0.3, 0.4) is 0 Å². The molecule has 0 spiro atoms. The Bertz CT molecular complexity index is 439. The van der Waals surface area contributed by atoms with E-state index in [0.717, 1.165) is 17.9 Å². The zero-order valence-electron chi connectivity index (χ0n) is 13.2. The highest BCUT2D eigenvalue weighted by Gasteiger charge is 2.28. The largest absolute Gasteiger partial charge is 0.497 e. The zero-order valence-corrected chi connectivity index (χ0v) is 13.2. The van der Waals surface area contributed by atoms with Crippen LogP contribution in [0.5, 0.6) is 5.75 Å². The first kappa shape index (κ1) is 16.3. The topological polar surface area (TPSA) is 58.7 Å². The molecule has 1 fully saturated rings. The van der Waals surface area contributed by atoms with Gasteiger partial charge in [-0.3, -0.25) is 0 Å². The van der Waals surface area contributed by atoms with Crippen LogP contribution in [0.1, 0.15) is 37.4 Å². The van der Waals surface area contributed by atoms with Gasteiger partial charge in [0.2, 0.25) is 0 Å². The Morgan fingerprint density at radius 3 is 2.86 bits per heavy atom. The standard InChI is InChI=1S/C17H28N2O2/c1-19(16-9-4-3-6-14(16)11-18)12-17(20)13-7-5-8-15(10-13)21-2/h5,7-8,10,14,16-17,20H,3-4,6,9,11-12,18H2,1-2H3. The van der Waals surface area contributed by atoms with E-state index in [0.29, 0.717) is 18.5 Å². The summed E-state index contributed by atoms with van der Waals surface area (Å²) in [5, 5.41) is 10.5. The van der Waals surface area contributed by atoms with Crippen molar-refractivity contribution in [3.8, 4) is 5.75 Å². The molecule has 0 bridgehead atoms. The highest BCUT2D eigenvalue weighted by molar-refractivity contribution is 5.29. The summed E-state index contributed by atoms with van der Waals surface area (Å²) in [6.07, 6.45) is 4.44. The summed E-state index contributed by atoms with van der Waals surface area (Å²) in [5.41, 5.74) is 6.81. The maximum Gasteiger partial charge on any atom is 0.119 e. The quantitative estimate of drug-likeness (QED) is 0.844. The third kappa shape index (κ3) is 4.19. The molecule has 0 saturated heterocycles. The molecule has 0 amide bonds. The maximum atomic E-state index is 10.5. The van der Waals surface area contributed by atoms with E-state index in [4.69, 9.17) is 10.5 Å². The molecule has 21 heavy (non-hydrogen) atoms. The van der Waals surface area contributed by atoms with Crippen LogP contribution in [0, 0.1) is 5.92 Å². The van der Waals surface area contributed by atoms with E-state index >= 15 is 0 Å². The van der Waals surface area contributed by atoms with Crippen LogP contribution in [-0.4, -0.2) is 43.3 Å². The molecule has 1 aromatic rings. The second-order valence-electron chi connectivity index (χ2n) is 6.08. The lowest BCUT2D eigenvalue weighted by atomic mass is 9.83. The molecule has 1 aliphatic rings. The first-order chi connectivity index (χ1) is 10.2. The lowest BCUT2D eigenvalue weighted by molar-refractivity contribution is 0.0684. The van der Waals surface area contributed by atoms with E-state index < -0.39 is 6.10 Å². The van der Waals surface area contributed by atoms with E-state index in [9.17, 15) is 5.11 Å². The normalized spacial score (nSPS) is 24.0. The highest BCUT2D eigenvalue weighted by atomic mass is 16.5. The van der Waals surface area contributed by atoms with Gasteiger partial charge in [-0.1, -0.05) is 25.0 Å². The molecular formula is C17H28N2O2. The minimum atomic E-state index is -0.495. The van der Waals surface area contributed by atoms with Gasteiger partial charge in [-0.25, -0.2) is 0 Å². The van der Waals surface area contributed by atoms with Crippen molar-refractivity contribution in [2.45, 2.75) is 37.8 Å². The van der Waals surface area contributed by atoms with Crippen LogP contribution in [0.2, 0.25) is 0 Å². The van der Waals surface area contributed by atoms with Crippen molar-refractivity contribution in [1.82, 2.24) is 4.90 Å². The van der Waals surface area contributed by atoms with Crippen LogP contribution in [0.25, 0.3) is 0 Å². The fourth-order valence-corrected chi connectivity index (χ4v) is 3.41. The number of methoxy groups -OCH3 is 1. The van der Waals surface area contributed by atoms with E-state index in [1.165, 1.54) is 25.7 Å². The number of benzene rings is 1. The van der Waals surface area contributed by atoms with Crippen LogP contribution >= 0.6 is 0 Å². The van der Waals surface area contributed by atoms with Gasteiger partial charge < -0.3 is 20.5 Å². The second kappa shape index (κ2) is 7.78. The number of ether oxygens (including phenoxy) is 1. The Balaban J connectivity index is 1.98. The SMILES string of the molecule is COc1cccc(C(O)CN(C)C2CCCCC2CN)c1. The van der Waals surface area contributed by atoms with Gasteiger partial charge in [-0.15, -0.1) is 0 Å². The molecular weight excluding hydrogens is 264 g/mol. The van der Waals surface area contributed by atoms with Crippen LogP contribution in [0.15, 0.2) is 24.3 Å². The third-order valence-electron chi connectivity index (χ3n) is 4.68. The summed E-state index contributed by atoms with van der Waals surface area (Å²) in [6.45, 7) is 1.37. The number of rotatable bonds is 6. The Hall–Kier alpha value is -1.10. The molecule has 4 heteroatoms. The molecule has 1 aliphatic carbocycles. The Morgan fingerprint density at radius 1 is 1.38 bits per heavy atom. The summed E-state index contributed by atoms with van der Waals surface area (Å²) < 4.78 is 5.22. The van der Waals surface area contributed by atoms with Crippen molar-refractivity contribution in [1.29, 1.82) is 0 Å². The van der Waals surface area contributed by atoms with Gasteiger partial charge >= 0.3 is 0 Å². The second-order valence-corrected chi connectivity index (χ2v) is 6.08. The van der Waals surface area contributed by atoms with E-state index in [1.807, 2.05) is 24.3 Å². The van der Waals surface area contributed by atoms with Gasteiger partial charge in [0, 0.05) is 12.6 Å². The minimum absolute atomic E-state index is 0.490. The van der Waals surface area contributed by atoms with E-state index in [2.05, 4.69) is 11.9 Å². The molecule has 118 valence electrons. The number of nitrogens with two attached hydrogens (primary N) is 1. The zero-order chi connectivity index (χ0) is 15.2. The van der Waals surface area contributed by atoms with Crippen molar-refractivity contribution < 1.29 is 9.84 Å².